The molecule has 114 valence electrons. The van der Waals surface area contributed by atoms with Crippen molar-refractivity contribution in [2.24, 2.45) is 0 Å². The van der Waals surface area contributed by atoms with Gasteiger partial charge >= 0.3 is 5.97 Å². The van der Waals surface area contributed by atoms with Crippen LogP contribution in [0.4, 0.5) is 0 Å². The lowest BCUT2D eigenvalue weighted by Gasteiger charge is -2.37. The molecule has 0 saturated heterocycles. The molecule has 0 radical (unpaired) electrons. The van der Waals surface area contributed by atoms with Crippen LogP contribution in [0.3, 0.4) is 0 Å². The number of thiophene rings is 1. The Morgan fingerprint density at radius 3 is 2.71 bits per heavy atom. The zero-order chi connectivity index (χ0) is 15.4. The standard InChI is InChI=1S/C15H19NO4S/c1-10-9-13(21-12(10)5-6-14(18)19)15(20)16(7-8-17)11-3-2-4-11/h5-6,9,11,17H,2-4,7-8H2,1H3,(H,18,19)/b6-5+. The summed E-state index contributed by atoms with van der Waals surface area (Å²) in [5, 5.41) is 17.8. The van der Waals surface area contributed by atoms with Gasteiger partial charge in [-0.1, -0.05) is 0 Å². The molecule has 0 aliphatic heterocycles. The van der Waals surface area contributed by atoms with Crippen LogP contribution in [0.25, 0.3) is 6.08 Å². The van der Waals surface area contributed by atoms with E-state index in [1.54, 1.807) is 11.0 Å². The van der Waals surface area contributed by atoms with Crippen LogP contribution in [0.5, 0.6) is 0 Å². The van der Waals surface area contributed by atoms with Gasteiger partial charge in [0.2, 0.25) is 0 Å². The molecular formula is C15H19NO4S. The van der Waals surface area contributed by atoms with Gasteiger partial charge in [-0.25, -0.2) is 4.79 Å². The Balaban J connectivity index is 2.17. The number of amides is 1. The van der Waals surface area contributed by atoms with Crippen molar-refractivity contribution in [2.75, 3.05) is 13.2 Å². The van der Waals surface area contributed by atoms with Crippen LogP contribution in [0, 0.1) is 6.92 Å². The number of aliphatic hydroxyl groups is 1. The molecule has 0 atom stereocenters. The number of aliphatic carboxylic acids is 1. The fourth-order valence-electron chi connectivity index (χ4n) is 2.31. The molecule has 2 rings (SSSR count). The number of hydrogen-bond acceptors (Lipinski definition) is 4. The van der Waals surface area contributed by atoms with Gasteiger partial charge in [0.15, 0.2) is 0 Å². The molecule has 5 nitrogen and oxygen atoms in total. The summed E-state index contributed by atoms with van der Waals surface area (Å²) >= 11 is 1.29. The normalized spacial score (nSPS) is 15.1. The Morgan fingerprint density at radius 2 is 2.19 bits per heavy atom. The summed E-state index contributed by atoms with van der Waals surface area (Å²) in [6.45, 7) is 2.16. The van der Waals surface area contributed by atoms with Gasteiger partial charge in [0, 0.05) is 23.5 Å². The van der Waals surface area contributed by atoms with Crippen molar-refractivity contribution in [2.45, 2.75) is 32.2 Å². The maximum atomic E-state index is 12.6. The first-order valence-corrected chi connectivity index (χ1v) is 7.78. The third kappa shape index (κ3) is 3.71. The minimum Gasteiger partial charge on any atom is -0.478 e. The average Bonchev–Trinajstić information content (AvgIpc) is 2.74. The van der Waals surface area contributed by atoms with Gasteiger partial charge in [-0.2, -0.15) is 0 Å². The summed E-state index contributed by atoms with van der Waals surface area (Å²) in [6.07, 6.45) is 5.68. The monoisotopic (exact) mass is 309 g/mol. The molecule has 1 heterocycles. The molecule has 0 aromatic carbocycles. The molecule has 1 aliphatic carbocycles. The maximum absolute atomic E-state index is 12.6. The summed E-state index contributed by atoms with van der Waals surface area (Å²) < 4.78 is 0. The number of carboxylic acid groups (broad SMARTS) is 1. The SMILES string of the molecule is Cc1cc(C(=O)N(CCO)C2CCC2)sc1/C=C/C(=O)O. The second kappa shape index (κ2) is 6.87. The molecule has 1 aromatic rings. The van der Waals surface area contributed by atoms with Crippen LogP contribution >= 0.6 is 11.3 Å². The van der Waals surface area contributed by atoms with Gasteiger partial charge in [-0.3, -0.25) is 4.79 Å². The van der Waals surface area contributed by atoms with E-state index in [1.165, 1.54) is 17.4 Å². The Kier molecular flexibility index (Phi) is 5.14. The third-order valence-electron chi connectivity index (χ3n) is 3.66. The highest BCUT2D eigenvalue weighted by Crippen LogP contribution is 2.29. The first-order chi connectivity index (χ1) is 10.0. The zero-order valence-corrected chi connectivity index (χ0v) is 12.7. The van der Waals surface area contributed by atoms with Crippen molar-refractivity contribution >= 4 is 29.3 Å². The van der Waals surface area contributed by atoms with Crippen LogP contribution in [0.15, 0.2) is 12.1 Å². The predicted octanol–water partition coefficient (Wildman–Crippen LogP) is 2.14. The highest BCUT2D eigenvalue weighted by molar-refractivity contribution is 7.15. The Bertz CT molecular complexity index is 560. The molecule has 1 amide bonds. The summed E-state index contributed by atoms with van der Waals surface area (Å²) in [4.78, 5) is 26.2. The van der Waals surface area contributed by atoms with E-state index in [0.717, 1.165) is 35.8 Å². The number of aryl methyl sites for hydroxylation is 1. The molecule has 2 N–H and O–H groups in total. The van der Waals surface area contributed by atoms with E-state index in [9.17, 15) is 9.59 Å². The molecule has 1 aromatic heterocycles. The number of nitrogens with zero attached hydrogens (tertiary/aromatic N) is 1. The van der Waals surface area contributed by atoms with Crippen molar-refractivity contribution in [1.29, 1.82) is 0 Å². The van der Waals surface area contributed by atoms with Crippen molar-refractivity contribution in [3.05, 3.63) is 27.5 Å². The van der Waals surface area contributed by atoms with Crippen molar-refractivity contribution in [3.8, 4) is 0 Å². The van der Waals surface area contributed by atoms with E-state index in [0.29, 0.717) is 11.4 Å². The van der Waals surface area contributed by atoms with Gasteiger partial charge in [0.1, 0.15) is 0 Å². The Morgan fingerprint density at radius 1 is 1.48 bits per heavy atom. The molecule has 21 heavy (non-hydrogen) atoms. The van der Waals surface area contributed by atoms with E-state index in [1.807, 2.05) is 6.92 Å². The minimum absolute atomic E-state index is 0.0433. The molecule has 6 heteroatoms. The van der Waals surface area contributed by atoms with Crippen LogP contribution in [0.2, 0.25) is 0 Å². The smallest absolute Gasteiger partial charge is 0.328 e. The van der Waals surface area contributed by atoms with E-state index in [-0.39, 0.29) is 18.6 Å². The van der Waals surface area contributed by atoms with Gasteiger partial charge in [-0.05, 0) is 43.9 Å². The molecule has 0 bridgehead atoms. The van der Waals surface area contributed by atoms with Crippen LogP contribution in [-0.4, -0.2) is 46.2 Å². The Hall–Kier alpha value is -1.66. The van der Waals surface area contributed by atoms with E-state index < -0.39 is 5.97 Å². The molecule has 1 fully saturated rings. The topological polar surface area (TPSA) is 77.8 Å². The third-order valence-corrected chi connectivity index (χ3v) is 4.85. The number of hydrogen-bond donors (Lipinski definition) is 2. The fourth-order valence-corrected chi connectivity index (χ4v) is 3.34. The molecule has 0 unspecified atom stereocenters. The summed E-state index contributed by atoms with van der Waals surface area (Å²) in [6, 6.07) is 2.02. The Labute approximate surface area is 127 Å². The number of aliphatic hydroxyl groups excluding tert-OH is 1. The number of rotatable bonds is 6. The zero-order valence-electron chi connectivity index (χ0n) is 11.9. The molecular weight excluding hydrogens is 290 g/mol. The second-order valence-corrected chi connectivity index (χ2v) is 6.22. The fraction of sp³-hybridized carbons (Fsp3) is 0.467. The summed E-state index contributed by atoms with van der Waals surface area (Å²) in [7, 11) is 0. The van der Waals surface area contributed by atoms with Crippen LogP contribution in [0.1, 0.15) is 39.4 Å². The molecule has 1 saturated carbocycles. The first kappa shape index (κ1) is 15.7. The molecule has 1 aliphatic rings. The number of carbonyl (C=O) groups excluding carboxylic acids is 1. The van der Waals surface area contributed by atoms with Gasteiger partial charge < -0.3 is 15.1 Å². The average molecular weight is 309 g/mol. The van der Waals surface area contributed by atoms with Gasteiger partial charge in [0.25, 0.3) is 5.91 Å². The van der Waals surface area contributed by atoms with Crippen molar-refractivity contribution < 1.29 is 19.8 Å². The first-order valence-electron chi connectivity index (χ1n) is 6.96. The van der Waals surface area contributed by atoms with Crippen molar-refractivity contribution in [3.63, 3.8) is 0 Å². The lowest BCUT2D eigenvalue weighted by molar-refractivity contribution is -0.131. The highest BCUT2D eigenvalue weighted by atomic mass is 32.1. The lowest BCUT2D eigenvalue weighted by atomic mass is 9.91. The van der Waals surface area contributed by atoms with Gasteiger partial charge in [0.05, 0.1) is 11.5 Å². The minimum atomic E-state index is -1.01. The lowest BCUT2D eigenvalue weighted by Crippen LogP contribution is -2.45. The van der Waals surface area contributed by atoms with E-state index >= 15 is 0 Å². The van der Waals surface area contributed by atoms with Crippen LogP contribution in [-0.2, 0) is 4.79 Å². The largest absolute Gasteiger partial charge is 0.478 e. The molecule has 0 spiro atoms. The van der Waals surface area contributed by atoms with Crippen LogP contribution < -0.4 is 0 Å². The number of carbonyl (C=O) groups is 2. The maximum Gasteiger partial charge on any atom is 0.328 e. The second-order valence-electron chi connectivity index (χ2n) is 5.14. The van der Waals surface area contributed by atoms with Gasteiger partial charge in [-0.15, -0.1) is 11.3 Å². The highest BCUT2D eigenvalue weighted by Gasteiger charge is 2.29. The quantitative estimate of drug-likeness (QED) is 0.789. The predicted molar refractivity (Wildman–Crippen MR) is 81.5 cm³/mol. The van der Waals surface area contributed by atoms with E-state index in [2.05, 4.69) is 0 Å². The summed E-state index contributed by atoms with van der Waals surface area (Å²) in [5.41, 5.74) is 0.887. The number of carboxylic acids is 1. The summed E-state index contributed by atoms with van der Waals surface area (Å²) in [5.74, 6) is -1.08. The van der Waals surface area contributed by atoms with Crippen molar-refractivity contribution in [1.82, 2.24) is 4.90 Å². The van der Waals surface area contributed by atoms with E-state index in [4.69, 9.17) is 10.2 Å².